The third-order valence-electron chi connectivity index (χ3n) is 4.22. The van der Waals surface area contributed by atoms with Crippen molar-refractivity contribution in [2.45, 2.75) is 13.8 Å². The standard InChI is InChI=1S/C21H23N3O3/c1-15-20(16(2)24(23-15)17-8-5-4-6-9-17)21(25)22-12-13-27-19-11-7-10-18(14-19)26-3/h4-11,14H,12-13H2,1-3H3,(H,22,25). The molecule has 6 nitrogen and oxygen atoms in total. The summed E-state index contributed by atoms with van der Waals surface area (Å²) in [5.41, 5.74) is 3.03. The third-order valence-corrected chi connectivity index (χ3v) is 4.22. The van der Waals surface area contributed by atoms with Crippen molar-refractivity contribution in [3.8, 4) is 17.2 Å². The van der Waals surface area contributed by atoms with Crippen molar-refractivity contribution in [3.63, 3.8) is 0 Å². The summed E-state index contributed by atoms with van der Waals surface area (Å²) in [6, 6.07) is 17.1. The summed E-state index contributed by atoms with van der Waals surface area (Å²) < 4.78 is 12.6. The Morgan fingerprint density at radius 1 is 1.07 bits per heavy atom. The SMILES string of the molecule is COc1cccc(OCCNC(=O)c2c(C)nn(-c3ccccc3)c2C)c1. The lowest BCUT2D eigenvalue weighted by Gasteiger charge is -2.09. The minimum atomic E-state index is -0.151. The Kier molecular flexibility index (Phi) is 5.76. The number of hydrogen-bond donors (Lipinski definition) is 1. The van der Waals surface area contributed by atoms with Crippen molar-refractivity contribution in [3.05, 3.63) is 71.5 Å². The van der Waals surface area contributed by atoms with Crippen molar-refractivity contribution >= 4 is 5.91 Å². The van der Waals surface area contributed by atoms with E-state index < -0.39 is 0 Å². The Bertz CT molecular complexity index is 920. The Labute approximate surface area is 158 Å². The van der Waals surface area contributed by atoms with Gasteiger partial charge in [0.1, 0.15) is 18.1 Å². The zero-order valence-corrected chi connectivity index (χ0v) is 15.7. The van der Waals surface area contributed by atoms with Gasteiger partial charge in [0.2, 0.25) is 0 Å². The Morgan fingerprint density at radius 2 is 1.81 bits per heavy atom. The average molecular weight is 365 g/mol. The largest absolute Gasteiger partial charge is 0.497 e. The van der Waals surface area contributed by atoms with E-state index in [0.29, 0.717) is 30.2 Å². The van der Waals surface area contributed by atoms with E-state index in [4.69, 9.17) is 9.47 Å². The third kappa shape index (κ3) is 4.28. The van der Waals surface area contributed by atoms with Crippen molar-refractivity contribution in [1.29, 1.82) is 0 Å². The smallest absolute Gasteiger partial charge is 0.255 e. The fourth-order valence-corrected chi connectivity index (χ4v) is 2.90. The molecule has 27 heavy (non-hydrogen) atoms. The first-order valence-corrected chi connectivity index (χ1v) is 8.77. The summed E-state index contributed by atoms with van der Waals surface area (Å²) in [5, 5.41) is 7.40. The van der Waals surface area contributed by atoms with Gasteiger partial charge in [-0.1, -0.05) is 24.3 Å². The molecule has 0 aliphatic carbocycles. The number of benzene rings is 2. The molecule has 0 atom stereocenters. The first-order valence-electron chi connectivity index (χ1n) is 8.77. The highest BCUT2D eigenvalue weighted by Gasteiger charge is 2.19. The number of carbonyl (C=O) groups is 1. The summed E-state index contributed by atoms with van der Waals surface area (Å²) in [7, 11) is 1.61. The van der Waals surface area contributed by atoms with Crippen LogP contribution in [-0.2, 0) is 0 Å². The molecule has 6 heteroatoms. The van der Waals surface area contributed by atoms with E-state index in [2.05, 4.69) is 10.4 Å². The molecule has 2 aromatic carbocycles. The molecule has 0 unspecified atom stereocenters. The van der Waals surface area contributed by atoms with Crippen LogP contribution in [0.15, 0.2) is 54.6 Å². The molecule has 140 valence electrons. The van der Waals surface area contributed by atoms with Crippen LogP contribution in [0.5, 0.6) is 11.5 Å². The highest BCUT2D eigenvalue weighted by molar-refractivity contribution is 5.96. The highest BCUT2D eigenvalue weighted by atomic mass is 16.5. The van der Waals surface area contributed by atoms with Crippen LogP contribution in [0.2, 0.25) is 0 Å². The minimum absolute atomic E-state index is 0.151. The van der Waals surface area contributed by atoms with Crippen LogP contribution in [0.4, 0.5) is 0 Å². The van der Waals surface area contributed by atoms with Crippen molar-refractivity contribution in [2.75, 3.05) is 20.3 Å². The minimum Gasteiger partial charge on any atom is -0.497 e. The van der Waals surface area contributed by atoms with E-state index >= 15 is 0 Å². The summed E-state index contributed by atoms with van der Waals surface area (Å²) in [6.45, 7) is 4.50. The molecule has 0 radical (unpaired) electrons. The topological polar surface area (TPSA) is 65.4 Å². The zero-order chi connectivity index (χ0) is 19.2. The molecule has 0 fully saturated rings. The highest BCUT2D eigenvalue weighted by Crippen LogP contribution is 2.19. The lowest BCUT2D eigenvalue weighted by molar-refractivity contribution is 0.0945. The van der Waals surface area contributed by atoms with E-state index in [-0.39, 0.29) is 5.91 Å². The maximum atomic E-state index is 12.6. The lowest BCUT2D eigenvalue weighted by atomic mass is 10.2. The molecule has 0 aliphatic rings. The molecule has 1 N–H and O–H groups in total. The number of aromatic nitrogens is 2. The van der Waals surface area contributed by atoms with Gasteiger partial charge in [-0.15, -0.1) is 0 Å². The lowest BCUT2D eigenvalue weighted by Crippen LogP contribution is -2.29. The molecule has 1 aromatic heterocycles. The molecule has 1 amide bonds. The van der Waals surface area contributed by atoms with E-state index in [1.807, 2.05) is 62.4 Å². The van der Waals surface area contributed by atoms with E-state index in [1.165, 1.54) is 0 Å². The number of methoxy groups -OCH3 is 1. The van der Waals surface area contributed by atoms with Gasteiger partial charge in [0.05, 0.1) is 36.3 Å². The van der Waals surface area contributed by atoms with Gasteiger partial charge >= 0.3 is 0 Å². The number of carbonyl (C=O) groups excluding carboxylic acids is 1. The second kappa shape index (κ2) is 8.40. The average Bonchev–Trinajstić information content (AvgIpc) is 3.00. The molecule has 0 saturated heterocycles. The summed E-state index contributed by atoms with van der Waals surface area (Å²) >= 11 is 0. The molecule has 3 rings (SSSR count). The van der Waals surface area contributed by atoms with Gasteiger partial charge in [-0.05, 0) is 38.1 Å². The maximum absolute atomic E-state index is 12.6. The fraction of sp³-hybridized carbons (Fsp3) is 0.238. The van der Waals surface area contributed by atoms with E-state index in [1.54, 1.807) is 17.9 Å². The predicted molar refractivity (Wildman–Crippen MR) is 104 cm³/mol. The van der Waals surface area contributed by atoms with Gasteiger partial charge in [0, 0.05) is 6.07 Å². The van der Waals surface area contributed by atoms with Gasteiger partial charge in [-0.3, -0.25) is 4.79 Å². The second-order valence-corrected chi connectivity index (χ2v) is 6.08. The molecular weight excluding hydrogens is 342 g/mol. The number of hydrogen-bond acceptors (Lipinski definition) is 4. The van der Waals surface area contributed by atoms with Crippen LogP contribution in [0.3, 0.4) is 0 Å². The van der Waals surface area contributed by atoms with Crippen molar-refractivity contribution in [1.82, 2.24) is 15.1 Å². The molecule has 0 aliphatic heterocycles. The number of nitrogens with zero attached hydrogens (tertiary/aromatic N) is 2. The number of amides is 1. The van der Waals surface area contributed by atoms with Crippen LogP contribution in [0.25, 0.3) is 5.69 Å². The number of nitrogens with one attached hydrogen (secondary N) is 1. The molecule has 0 bridgehead atoms. The molecule has 3 aromatic rings. The Morgan fingerprint density at radius 3 is 2.56 bits per heavy atom. The molecule has 1 heterocycles. The fourth-order valence-electron chi connectivity index (χ4n) is 2.90. The van der Waals surface area contributed by atoms with Gasteiger partial charge in [-0.2, -0.15) is 5.10 Å². The van der Waals surface area contributed by atoms with E-state index in [0.717, 1.165) is 17.1 Å². The monoisotopic (exact) mass is 365 g/mol. The number of aryl methyl sites for hydroxylation is 1. The van der Waals surface area contributed by atoms with Crippen LogP contribution in [-0.4, -0.2) is 35.9 Å². The van der Waals surface area contributed by atoms with Gasteiger partial charge in [0.15, 0.2) is 0 Å². The first-order chi connectivity index (χ1) is 13.1. The summed E-state index contributed by atoms with van der Waals surface area (Å²) in [6.07, 6.45) is 0. The maximum Gasteiger partial charge on any atom is 0.255 e. The van der Waals surface area contributed by atoms with Gasteiger partial charge in [0.25, 0.3) is 5.91 Å². The first kappa shape index (κ1) is 18.5. The Balaban J connectivity index is 1.60. The molecular formula is C21H23N3O3. The summed E-state index contributed by atoms with van der Waals surface area (Å²) in [4.78, 5) is 12.6. The number of para-hydroxylation sites is 1. The van der Waals surface area contributed by atoms with E-state index in [9.17, 15) is 4.79 Å². The van der Waals surface area contributed by atoms with Crippen molar-refractivity contribution < 1.29 is 14.3 Å². The summed E-state index contributed by atoms with van der Waals surface area (Å²) in [5.74, 6) is 1.28. The predicted octanol–water partition coefficient (Wildman–Crippen LogP) is 3.31. The normalized spacial score (nSPS) is 10.5. The Hall–Kier alpha value is -3.28. The van der Waals surface area contributed by atoms with Crippen molar-refractivity contribution in [2.24, 2.45) is 0 Å². The van der Waals surface area contributed by atoms with Gasteiger partial charge in [-0.25, -0.2) is 4.68 Å². The van der Waals surface area contributed by atoms with Gasteiger partial charge < -0.3 is 14.8 Å². The van der Waals surface area contributed by atoms with Crippen LogP contribution < -0.4 is 14.8 Å². The number of rotatable bonds is 7. The van der Waals surface area contributed by atoms with Crippen LogP contribution in [0, 0.1) is 13.8 Å². The second-order valence-electron chi connectivity index (χ2n) is 6.08. The number of ether oxygens (including phenoxy) is 2. The molecule has 0 spiro atoms. The quantitative estimate of drug-likeness (QED) is 0.653. The van der Waals surface area contributed by atoms with Crippen LogP contribution in [0.1, 0.15) is 21.7 Å². The zero-order valence-electron chi connectivity index (χ0n) is 15.7. The van der Waals surface area contributed by atoms with Crippen LogP contribution >= 0.6 is 0 Å². The molecule has 0 saturated carbocycles.